The predicted octanol–water partition coefficient (Wildman–Crippen LogP) is 14.1. The maximum Gasteiger partial charge on any atom is 0.441 e. The van der Waals surface area contributed by atoms with Crippen molar-refractivity contribution in [2.24, 2.45) is 0 Å². The molecule has 56 heavy (non-hydrogen) atoms. The van der Waals surface area contributed by atoms with Crippen LogP contribution >= 0.6 is 7.94 Å². The molecule has 5 aromatic rings. The van der Waals surface area contributed by atoms with E-state index >= 15 is 0 Å². The van der Waals surface area contributed by atoms with Crippen LogP contribution in [0.15, 0.2) is 54.6 Å². The smallest absolute Gasteiger partial charge is 0.189 e. The van der Waals surface area contributed by atoms with Crippen LogP contribution in [-0.4, -0.2) is 14.7 Å². The van der Waals surface area contributed by atoms with Gasteiger partial charge in [-0.2, -0.15) is 14.7 Å². The van der Waals surface area contributed by atoms with Crippen LogP contribution in [0.2, 0.25) is 0 Å². The summed E-state index contributed by atoms with van der Waals surface area (Å²) in [5.74, 6) is 0. The fourth-order valence-electron chi connectivity index (χ4n) is 8.36. The standard InChI is InChI=1S/C52H72O3P/c1-30-31(2)46(40-28-38-33(24-42(40)50(12,13)14)22-35(48(6,7)8)26-44(38)52(18,19)20)45(56(53,54)55)29-36(30)39-27-37-32(23-41(39)49(9,10)11)21-34(47(3,4)5)25-43(37)51(15,16)17/h21-29,53-55H,1-20H3/q+1. The van der Waals surface area contributed by atoms with Crippen LogP contribution in [0.3, 0.4) is 0 Å². The number of hydrogen-bond acceptors (Lipinski definition) is 3. The highest BCUT2D eigenvalue weighted by molar-refractivity contribution is 7.67. The average Bonchev–Trinajstić information content (AvgIpc) is 3.00. The third-order valence-electron chi connectivity index (χ3n) is 11.9. The number of benzene rings is 5. The molecule has 3 nitrogen and oxygen atoms in total. The minimum Gasteiger partial charge on any atom is -0.189 e. The van der Waals surface area contributed by atoms with Crippen LogP contribution in [0.25, 0.3) is 43.8 Å². The number of fused-ring (bicyclic) bond motifs is 2. The zero-order chi connectivity index (χ0) is 42.7. The molecule has 0 aromatic heterocycles. The molecule has 0 aliphatic rings. The van der Waals surface area contributed by atoms with Crippen LogP contribution in [0, 0.1) is 13.8 Å². The first-order chi connectivity index (χ1) is 25.0. The van der Waals surface area contributed by atoms with E-state index in [1.807, 2.05) is 6.07 Å². The van der Waals surface area contributed by atoms with E-state index in [4.69, 9.17) is 0 Å². The Morgan fingerprint density at radius 1 is 0.357 bits per heavy atom. The molecular formula is C52H72O3P+. The fourth-order valence-corrected chi connectivity index (χ4v) is 9.25. The Hall–Kier alpha value is -3.07. The molecule has 0 aliphatic carbocycles. The first kappa shape index (κ1) is 44.0. The van der Waals surface area contributed by atoms with Gasteiger partial charge in [0.15, 0.2) is 5.30 Å². The summed E-state index contributed by atoms with van der Waals surface area (Å²) in [6.07, 6.45) is 0. The average molecular weight is 776 g/mol. The van der Waals surface area contributed by atoms with Crippen molar-refractivity contribution in [1.29, 1.82) is 0 Å². The highest BCUT2D eigenvalue weighted by atomic mass is 31.2. The molecule has 5 aromatic carbocycles. The second kappa shape index (κ2) is 13.8. The largest absolute Gasteiger partial charge is 0.441 e. The maximum absolute atomic E-state index is 11.5. The van der Waals surface area contributed by atoms with Gasteiger partial charge in [0.2, 0.25) is 0 Å². The Kier molecular flexibility index (Phi) is 10.8. The van der Waals surface area contributed by atoms with Gasteiger partial charge in [-0.25, -0.2) is 0 Å². The third-order valence-corrected chi connectivity index (χ3v) is 12.9. The lowest BCUT2D eigenvalue weighted by molar-refractivity contribution is 0.347. The van der Waals surface area contributed by atoms with E-state index in [1.165, 1.54) is 44.0 Å². The van der Waals surface area contributed by atoms with E-state index in [9.17, 15) is 14.7 Å². The highest BCUT2D eigenvalue weighted by Crippen LogP contribution is 2.52. The zero-order valence-electron chi connectivity index (χ0n) is 38.5. The molecule has 0 radical (unpaired) electrons. The van der Waals surface area contributed by atoms with Crippen molar-refractivity contribution in [3.8, 4) is 22.3 Å². The number of hydrogen-bond donors (Lipinski definition) is 3. The molecule has 0 saturated carbocycles. The van der Waals surface area contributed by atoms with Crippen LogP contribution in [-0.2, 0) is 32.5 Å². The van der Waals surface area contributed by atoms with Gasteiger partial charge < -0.3 is 0 Å². The molecule has 0 bridgehead atoms. The van der Waals surface area contributed by atoms with E-state index in [2.05, 4.69) is 187 Å². The predicted molar refractivity (Wildman–Crippen MR) is 247 cm³/mol. The van der Waals surface area contributed by atoms with Crippen molar-refractivity contribution in [2.45, 2.75) is 171 Å². The van der Waals surface area contributed by atoms with Gasteiger partial charge in [-0.05, 0) is 159 Å². The number of rotatable bonds is 3. The summed E-state index contributed by atoms with van der Waals surface area (Å²) in [7, 11) is -4.54. The lowest BCUT2D eigenvalue weighted by Gasteiger charge is -2.31. The molecule has 3 N–H and O–H groups in total. The second-order valence-corrected chi connectivity index (χ2v) is 24.5. The van der Waals surface area contributed by atoms with Crippen molar-refractivity contribution in [2.75, 3.05) is 0 Å². The fraction of sp³-hybridized carbons (Fsp3) is 0.500. The van der Waals surface area contributed by atoms with Crippen molar-refractivity contribution in [1.82, 2.24) is 0 Å². The normalized spacial score (nSPS) is 14.0. The lowest BCUT2D eigenvalue weighted by atomic mass is 9.73. The van der Waals surface area contributed by atoms with Crippen molar-refractivity contribution in [3.63, 3.8) is 0 Å². The van der Waals surface area contributed by atoms with Crippen molar-refractivity contribution < 1.29 is 14.7 Å². The van der Waals surface area contributed by atoms with Gasteiger partial charge in [-0.1, -0.05) is 149 Å². The SMILES string of the molecule is Cc1c(-c2cc3c(C(C)(C)C)cc(C(C)(C)C)cc3cc2C(C)(C)C)cc([P+](O)(O)O)c(-c2cc3c(C(C)(C)C)cc(C(C)(C)C)cc3cc2C(C)(C)C)c1C. The molecule has 0 atom stereocenters. The Labute approximate surface area is 340 Å². The minimum atomic E-state index is -4.54. The van der Waals surface area contributed by atoms with Gasteiger partial charge in [0, 0.05) is 5.56 Å². The van der Waals surface area contributed by atoms with Crippen molar-refractivity contribution in [3.05, 3.63) is 99.1 Å². The van der Waals surface area contributed by atoms with E-state index in [0.29, 0.717) is 5.56 Å². The summed E-state index contributed by atoms with van der Waals surface area (Å²) in [6, 6.07) is 20.6. The molecule has 0 aliphatic heterocycles. The molecule has 0 spiro atoms. The summed E-state index contributed by atoms with van der Waals surface area (Å²) in [5, 5.41) is 4.93. The van der Waals surface area contributed by atoms with Crippen molar-refractivity contribution >= 4 is 34.8 Å². The topological polar surface area (TPSA) is 60.7 Å². The highest BCUT2D eigenvalue weighted by Gasteiger charge is 2.41. The molecule has 0 unspecified atom stereocenters. The molecule has 4 heteroatoms. The van der Waals surface area contributed by atoms with Gasteiger partial charge >= 0.3 is 7.94 Å². The van der Waals surface area contributed by atoms with E-state index < -0.39 is 7.94 Å². The van der Waals surface area contributed by atoms with Gasteiger partial charge in [0.25, 0.3) is 0 Å². The summed E-state index contributed by atoms with van der Waals surface area (Å²) < 4.78 is 0. The monoisotopic (exact) mass is 776 g/mol. The molecule has 0 amide bonds. The Bertz CT molecular complexity index is 2340. The molecule has 0 heterocycles. The Morgan fingerprint density at radius 3 is 1.05 bits per heavy atom. The minimum absolute atomic E-state index is 0.0131. The molecule has 302 valence electrons. The summed E-state index contributed by atoms with van der Waals surface area (Å²) in [6.45, 7) is 44.9. The Balaban J connectivity index is 1.98. The molecule has 0 saturated heterocycles. The van der Waals surface area contributed by atoms with Crippen LogP contribution in [0.5, 0.6) is 0 Å². The van der Waals surface area contributed by atoms with Crippen LogP contribution in [0.4, 0.5) is 0 Å². The zero-order valence-corrected chi connectivity index (χ0v) is 39.4. The second-order valence-electron chi connectivity index (χ2n) is 22.9. The van der Waals surface area contributed by atoms with Crippen LogP contribution < -0.4 is 5.30 Å². The van der Waals surface area contributed by atoms with E-state index in [0.717, 1.165) is 38.8 Å². The third kappa shape index (κ3) is 8.40. The van der Waals surface area contributed by atoms with Gasteiger partial charge in [-0.3, -0.25) is 0 Å². The van der Waals surface area contributed by atoms with E-state index in [-0.39, 0.29) is 37.8 Å². The van der Waals surface area contributed by atoms with Gasteiger partial charge in [0.05, 0.1) is 0 Å². The summed E-state index contributed by atoms with van der Waals surface area (Å²) >= 11 is 0. The first-order valence-electron chi connectivity index (χ1n) is 20.5. The van der Waals surface area contributed by atoms with Crippen LogP contribution in [0.1, 0.15) is 169 Å². The summed E-state index contributed by atoms with van der Waals surface area (Å²) in [5.41, 5.74) is 12.2. The lowest BCUT2D eigenvalue weighted by Crippen LogP contribution is -2.21. The molecular weight excluding hydrogens is 704 g/mol. The maximum atomic E-state index is 11.5. The first-order valence-corrected chi connectivity index (χ1v) is 22.2. The van der Waals surface area contributed by atoms with Gasteiger partial charge in [-0.15, -0.1) is 0 Å². The molecule has 0 fully saturated rings. The van der Waals surface area contributed by atoms with Gasteiger partial charge in [0.1, 0.15) is 0 Å². The quantitative estimate of drug-likeness (QED) is 0.160. The van der Waals surface area contributed by atoms with E-state index in [1.54, 1.807) is 0 Å². The Morgan fingerprint density at radius 2 is 0.714 bits per heavy atom. The summed E-state index contributed by atoms with van der Waals surface area (Å²) in [4.78, 5) is 34.5. The molecule has 5 rings (SSSR count).